The van der Waals surface area contributed by atoms with Gasteiger partial charge in [-0.1, -0.05) is 0 Å². The minimum absolute atomic E-state index is 0.0153. The van der Waals surface area contributed by atoms with Crippen LogP contribution in [0.1, 0.15) is 43.1 Å². The number of hydrogen-bond acceptors (Lipinski definition) is 5. The molecule has 110 valence electrons. The van der Waals surface area contributed by atoms with Gasteiger partial charge in [-0.25, -0.2) is 0 Å². The smallest absolute Gasteiger partial charge is 0.0756 e. The lowest BCUT2D eigenvalue weighted by Crippen LogP contribution is -2.45. The molecule has 2 fully saturated rings. The first-order valence-corrected chi connectivity index (χ1v) is 8.60. The minimum atomic E-state index is -0.0153. The Morgan fingerprint density at radius 3 is 2.85 bits per heavy atom. The van der Waals surface area contributed by atoms with Crippen molar-refractivity contribution in [3.63, 3.8) is 0 Å². The van der Waals surface area contributed by atoms with Crippen molar-refractivity contribution < 1.29 is 4.74 Å². The molecule has 4 nitrogen and oxygen atoms in total. The van der Waals surface area contributed by atoms with Gasteiger partial charge in [-0.3, -0.25) is 9.97 Å². The van der Waals surface area contributed by atoms with Crippen LogP contribution >= 0.6 is 11.8 Å². The zero-order valence-electron chi connectivity index (χ0n) is 12.0. The van der Waals surface area contributed by atoms with E-state index < -0.39 is 0 Å². The van der Waals surface area contributed by atoms with Crippen LogP contribution in [0.15, 0.2) is 12.4 Å². The van der Waals surface area contributed by atoms with Crippen LogP contribution in [0.2, 0.25) is 0 Å². The van der Waals surface area contributed by atoms with E-state index in [0.717, 1.165) is 30.8 Å². The number of aromatic nitrogens is 2. The highest BCUT2D eigenvalue weighted by atomic mass is 32.2. The molecule has 5 heteroatoms. The number of thioether (sulfide) groups is 1. The van der Waals surface area contributed by atoms with Gasteiger partial charge >= 0.3 is 0 Å². The standard InChI is InChI=1S/C15H23N3OS/c1-11-9-18-13(10-17-11)14(16)12-2-5-19-15(8-12)3-6-20-7-4-15/h9-10,12,14H,2-8,16H2,1H3. The highest BCUT2D eigenvalue weighted by Gasteiger charge is 2.40. The molecule has 0 amide bonds. The molecule has 1 aromatic rings. The average Bonchev–Trinajstić information content (AvgIpc) is 2.48. The number of aryl methyl sites for hydroxylation is 1. The second kappa shape index (κ2) is 6.00. The first kappa shape index (κ1) is 14.3. The molecule has 20 heavy (non-hydrogen) atoms. The van der Waals surface area contributed by atoms with Crippen LogP contribution in [0.3, 0.4) is 0 Å². The number of hydrogen-bond donors (Lipinski definition) is 1. The van der Waals surface area contributed by atoms with E-state index >= 15 is 0 Å². The maximum absolute atomic E-state index is 6.45. The largest absolute Gasteiger partial charge is 0.375 e. The van der Waals surface area contributed by atoms with Crippen molar-refractivity contribution in [1.82, 2.24) is 9.97 Å². The fraction of sp³-hybridized carbons (Fsp3) is 0.733. The summed E-state index contributed by atoms with van der Waals surface area (Å²) in [7, 11) is 0. The van der Waals surface area contributed by atoms with Crippen LogP contribution in [0.4, 0.5) is 0 Å². The number of nitrogens with two attached hydrogens (primary N) is 1. The third kappa shape index (κ3) is 3.00. The van der Waals surface area contributed by atoms with E-state index in [1.165, 1.54) is 24.3 Å². The Bertz CT molecular complexity index is 439. The van der Waals surface area contributed by atoms with E-state index in [2.05, 4.69) is 9.97 Å². The quantitative estimate of drug-likeness (QED) is 0.907. The number of ether oxygens (including phenoxy) is 1. The zero-order chi connectivity index (χ0) is 14.0. The van der Waals surface area contributed by atoms with E-state index in [1.54, 1.807) is 0 Å². The average molecular weight is 293 g/mol. The summed E-state index contributed by atoms with van der Waals surface area (Å²) < 4.78 is 6.14. The first-order chi connectivity index (χ1) is 9.69. The van der Waals surface area contributed by atoms with Crippen molar-refractivity contribution in [2.75, 3.05) is 18.1 Å². The summed E-state index contributed by atoms with van der Waals surface area (Å²) in [5.74, 6) is 2.89. The molecule has 0 aromatic carbocycles. The molecule has 0 radical (unpaired) electrons. The molecule has 0 bridgehead atoms. The molecule has 2 atom stereocenters. The van der Waals surface area contributed by atoms with Crippen molar-refractivity contribution in [3.8, 4) is 0 Å². The molecule has 3 heterocycles. The summed E-state index contributed by atoms with van der Waals surface area (Å²) in [6.07, 6.45) is 8.08. The Kier molecular flexibility index (Phi) is 4.29. The Balaban J connectivity index is 1.71. The maximum Gasteiger partial charge on any atom is 0.0756 e. The molecule has 2 unspecified atom stereocenters. The van der Waals surface area contributed by atoms with Crippen molar-refractivity contribution >= 4 is 11.8 Å². The summed E-state index contributed by atoms with van der Waals surface area (Å²) in [6, 6.07) is -0.0153. The van der Waals surface area contributed by atoms with Crippen LogP contribution in [0, 0.1) is 12.8 Å². The Morgan fingerprint density at radius 1 is 1.35 bits per heavy atom. The topological polar surface area (TPSA) is 61.0 Å². The van der Waals surface area contributed by atoms with E-state index in [1.807, 2.05) is 31.1 Å². The first-order valence-electron chi connectivity index (χ1n) is 7.44. The molecular weight excluding hydrogens is 270 g/mol. The lowest BCUT2D eigenvalue weighted by Gasteiger charge is -2.44. The van der Waals surface area contributed by atoms with Crippen LogP contribution < -0.4 is 5.73 Å². The van der Waals surface area contributed by atoms with Gasteiger partial charge in [0.1, 0.15) is 0 Å². The van der Waals surface area contributed by atoms with Gasteiger partial charge in [0.15, 0.2) is 0 Å². The van der Waals surface area contributed by atoms with Gasteiger partial charge in [0.25, 0.3) is 0 Å². The van der Waals surface area contributed by atoms with Gasteiger partial charge in [-0.15, -0.1) is 0 Å². The van der Waals surface area contributed by atoms with Crippen molar-refractivity contribution in [3.05, 3.63) is 23.8 Å². The van der Waals surface area contributed by atoms with Gasteiger partial charge in [-0.05, 0) is 50.0 Å². The van der Waals surface area contributed by atoms with Crippen LogP contribution in [-0.4, -0.2) is 33.7 Å². The summed E-state index contributed by atoms with van der Waals surface area (Å²) in [5, 5.41) is 0. The molecule has 2 saturated heterocycles. The van der Waals surface area contributed by atoms with E-state index in [0.29, 0.717) is 5.92 Å². The van der Waals surface area contributed by atoms with E-state index in [4.69, 9.17) is 10.5 Å². The minimum Gasteiger partial charge on any atom is -0.375 e. The van der Waals surface area contributed by atoms with Gasteiger partial charge in [0.05, 0.1) is 29.2 Å². The maximum atomic E-state index is 6.45. The summed E-state index contributed by atoms with van der Waals surface area (Å²) in [5.41, 5.74) is 8.39. The summed E-state index contributed by atoms with van der Waals surface area (Å²) in [6.45, 7) is 2.79. The molecule has 2 aliphatic rings. The molecule has 1 spiro atoms. The zero-order valence-corrected chi connectivity index (χ0v) is 12.9. The third-order valence-electron chi connectivity index (χ3n) is 4.59. The second-order valence-electron chi connectivity index (χ2n) is 6.01. The van der Waals surface area contributed by atoms with Crippen molar-refractivity contribution in [2.24, 2.45) is 11.7 Å². The van der Waals surface area contributed by atoms with Gasteiger partial charge in [0.2, 0.25) is 0 Å². The summed E-state index contributed by atoms with van der Waals surface area (Å²) in [4.78, 5) is 8.78. The van der Waals surface area contributed by atoms with Crippen LogP contribution in [-0.2, 0) is 4.74 Å². The molecule has 1 aromatic heterocycles. The van der Waals surface area contributed by atoms with E-state index in [9.17, 15) is 0 Å². The van der Waals surface area contributed by atoms with Crippen molar-refractivity contribution in [1.29, 1.82) is 0 Å². The lowest BCUT2D eigenvalue weighted by atomic mass is 9.78. The normalized spacial score (nSPS) is 27.4. The Morgan fingerprint density at radius 2 is 2.15 bits per heavy atom. The summed E-state index contributed by atoms with van der Waals surface area (Å²) >= 11 is 2.04. The van der Waals surface area contributed by atoms with Gasteiger partial charge < -0.3 is 10.5 Å². The number of rotatable bonds is 2. The predicted octanol–water partition coefficient (Wildman–Crippen LogP) is 2.48. The second-order valence-corrected chi connectivity index (χ2v) is 7.23. The molecule has 0 aliphatic carbocycles. The SMILES string of the molecule is Cc1cnc(C(N)C2CCOC3(CCSCC3)C2)cn1. The molecule has 2 aliphatic heterocycles. The third-order valence-corrected chi connectivity index (χ3v) is 5.57. The predicted molar refractivity (Wildman–Crippen MR) is 81.7 cm³/mol. The fourth-order valence-corrected chi connectivity index (χ4v) is 4.52. The molecule has 3 rings (SSSR count). The van der Waals surface area contributed by atoms with Gasteiger partial charge in [-0.2, -0.15) is 11.8 Å². The Labute approximate surface area is 124 Å². The highest BCUT2D eigenvalue weighted by molar-refractivity contribution is 7.99. The molecular formula is C15H23N3OS. The molecule has 2 N–H and O–H groups in total. The van der Waals surface area contributed by atoms with Crippen molar-refractivity contribution in [2.45, 2.75) is 44.2 Å². The van der Waals surface area contributed by atoms with Gasteiger partial charge in [0, 0.05) is 12.8 Å². The monoisotopic (exact) mass is 293 g/mol. The highest BCUT2D eigenvalue weighted by Crippen LogP contribution is 2.42. The van der Waals surface area contributed by atoms with Crippen LogP contribution in [0.5, 0.6) is 0 Å². The van der Waals surface area contributed by atoms with E-state index in [-0.39, 0.29) is 11.6 Å². The number of nitrogens with zero attached hydrogens (tertiary/aromatic N) is 2. The van der Waals surface area contributed by atoms with Crippen LogP contribution in [0.25, 0.3) is 0 Å². The lowest BCUT2D eigenvalue weighted by molar-refractivity contribution is -0.106. The molecule has 0 saturated carbocycles. The Hall–Kier alpha value is -0.650. The fourth-order valence-electron chi connectivity index (χ4n) is 3.28.